The van der Waals surface area contributed by atoms with Crippen LogP contribution in [-0.2, 0) is 0 Å². The third-order valence-electron chi connectivity index (χ3n) is 1.93. The van der Waals surface area contributed by atoms with Crippen molar-refractivity contribution in [2.75, 3.05) is 0 Å². The Hall–Kier alpha value is -1.67. The van der Waals surface area contributed by atoms with Crippen molar-refractivity contribution in [3.8, 4) is 0 Å². The van der Waals surface area contributed by atoms with Gasteiger partial charge in [0.25, 0.3) is 0 Å². The van der Waals surface area contributed by atoms with Crippen molar-refractivity contribution in [2.45, 2.75) is 10.1 Å². The number of nitrogens with zero attached hydrogens (tertiary/aromatic N) is 4. The number of hydrogen-bond acceptors (Lipinski definition) is 6. The van der Waals surface area contributed by atoms with Crippen molar-refractivity contribution in [1.29, 1.82) is 0 Å². The Morgan fingerprint density at radius 3 is 2.67 bits per heavy atom. The highest BCUT2D eigenvalue weighted by Gasteiger charge is 2.13. The SMILES string of the molecule is NC(=NO)c1nccnc1Sc1ncccc1Br. The molecule has 8 heteroatoms. The molecule has 2 rings (SSSR count). The molecule has 0 amide bonds. The first kappa shape index (κ1) is 12.8. The van der Waals surface area contributed by atoms with E-state index in [2.05, 4.69) is 36.0 Å². The molecule has 0 spiro atoms. The molecular formula is C10H8BrN5OS. The summed E-state index contributed by atoms with van der Waals surface area (Å²) in [6.07, 6.45) is 4.69. The molecule has 0 aliphatic rings. The third-order valence-corrected chi connectivity index (χ3v) is 3.85. The Labute approximate surface area is 115 Å². The van der Waals surface area contributed by atoms with Crippen LogP contribution < -0.4 is 5.73 Å². The molecular weight excluding hydrogens is 318 g/mol. The van der Waals surface area contributed by atoms with Crippen molar-refractivity contribution in [1.82, 2.24) is 15.0 Å². The summed E-state index contributed by atoms with van der Waals surface area (Å²) in [4.78, 5) is 12.4. The van der Waals surface area contributed by atoms with E-state index in [-0.39, 0.29) is 5.84 Å². The summed E-state index contributed by atoms with van der Waals surface area (Å²) in [5.41, 5.74) is 5.86. The van der Waals surface area contributed by atoms with Crippen LogP contribution in [0.5, 0.6) is 0 Å². The summed E-state index contributed by atoms with van der Waals surface area (Å²) in [6.45, 7) is 0. The van der Waals surface area contributed by atoms with Crippen LogP contribution in [0, 0.1) is 0 Å². The van der Waals surface area contributed by atoms with Crippen LogP contribution in [0.25, 0.3) is 0 Å². The van der Waals surface area contributed by atoms with E-state index < -0.39 is 0 Å². The lowest BCUT2D eigenvalue weighted by atomic mass is 10.4. The molecule has 6 nitrogen and oxygen atoms in total. The molecule has 3 N–H and O–H groups in total. The van der Waals surface area contributed by atoms with Crippen LogP contribution in [0.1, 0.15) is 5.69 Å². The van der Waals surface area contributed by atoms with Crippen LogP contribution in [0.2, 0.25) is 0 Å². The maximum Gasteiger partial charge on any atom is 0.191 e. The van der Waals surface area contributed by atoms with Crippen molar-refractivity contribution in [2.24, 2.45) is 10.9 Å². The average Bonchev–Trinajstić information content (AvgIpc) is 2.41. The number of pyridine rings is 1. The smallest absolute Gasteiger partial charge is 0.191 e. The molecule has 2 aromatic rings. The molecule has 18 heavy (non-hydrogen) atoms. The zero-order chi connectivity index (χ0) is 13.0. The summed E-state index contributed by atoms with van der Waals surface area (Å²) in [5.74, 6) is -0.0855. The van der Waals surface area contributed by atoms with E-state index in [0.29, 0.717) is 10.7 Å². The summed E-state index contributed by atoms with van der Waals surface area (Å²) in [6, 6.07) is 3.68. The quantitative estimate of drug-likeness (QED) is 0.387. The van der Waals surface area contributed by atoms with Gasteiger partial charge >= 0.3 is 0 Å². The fourth-order valence-corrected chi connectivity index (χ4v) is 2.49. The van der Waals surface area contributed by atoms with E-state index in [1.165, 1.54) is 24.2 Å². The molecule has 2 heterocycles. The van der Waals surface area contributed by atoms with Gasteiger partial charge in [0, 0.05) is 18.6 Å². The number of oxime groups is 1. The summed E-state index contributed by atoms with van der Waals surface area (Å²) in [5, 5.41) is 12.9. The van der Waals surface area contributed by atoms with Crippen LogP contribution in [0.3, 0.4) is 0 Å². The van der Waals surface area contributed by atoms with Crippen molar-refractivity contribution >= 4 is 33.5 Å². The Morgan fingerprint density at radius 2 is 1.94 bits per heavy atom. The van der Waals surface area contributed by atoms with Gasteiger partial charge in [-0.05, 0) is 39.8 Å². The van der Waals surface area contributed by atoms with Crippen molar-refractivity contribution < 1.29 is 5.21 Å². The van der Waals surface area contributed by atoms with E-state index in [1.54, 1.807) is 6.20 Å². The molecule has 0 unspecified atom stereocenters. The van der Waals surface area contributed by atoms with Crippen LogP contribution >= 0.6 is 27.7 Å². The van der Waals surface area contributed by atoms with Gasteiger partial charge in [-0.3, -0.25) is 0 Å². The van der Waals surface area contributed by atoms with Gasteiger partial charge in [0.05, 0.1) is 4.47 Å². The minimum atomic E-state index is -0.0855. The highest BCUT2D eigenvalue weighted by molar-refractivity contribution is 9.10. The van der Waals surface area contributed by atoms with Gasteiger partial charge in [-0.15, -0.1) is 0 Å². The lowest BCUT2D eigenvalue weighted by Crippen LogP contribution is -2.16. The zero-order valence-electron chi connectivity index (χ0n) is 8.99. The van der Waals surface area contributed by atoms with Gasteiger partial charge in [-0.1, -0.05) is 5.16 Å². The first-order chi connectivity index (χ1) is 8.72. The molecule has 2 aromatic heterocycles. The normalized spacial score (nSPS) is 11.5. The van der Waals surface area contributed by atoms with Gasteiger partial charge in [-0.25, -0.2) is 15.0 Å². The number of nitrogens with two attached hydrogens (primary N) is 1. The number of halogens is 1. The minimum Gasteiger partial charge on any atom is -0.409 e. The fraction of sp³-hybridized carbons (Fsp3) is 0. The number of hydrogen-bond donors (Lipinski definition) is 2. The Kier molecular flexibility index (Phi) is 4.11. The topological polar surface area (TPSA) is 97.3 Å². The van der Waals surface area contributed by atoms with E-state index >= 15 is 0 Å². The van der Waals surface area contributed by atoms with E-state index in [1.807, 2.05) is 12.1 Å². The minimum absolute atomic E-state index is 0.0855. The summed E-state index contributed by atoms with van der Waals surface area (Å²) in [7, 11) is 0. The highest BCUT2D eigenvalue weighted by atomic mass is 79.9. The van der Waals surface area contributed by atoms with Crippen molar-refractivity contribution in [3.05, 3.63) is 40.9 Å². The van der Waals surface area contributed by atoms with Gasteiger partial charge < -0.3 is 10.9 Å². The second-order valence-electron chi connectivity index (χ2n) is 3.09. The predicted molar refractivity (Wildman–Crippen MR) is 70.6 cm³/mol. The van der Waals surface area contributed by atoms with Crippen LogP contribution in [0.4, 0.5) is 0 Å². The van der Waals surface area contributed by atoms with Crippen molar-refractivity contribution in [3.63, 3.8) is 0 Å². The lowest BCUT2D eigenvalue weighted by Gasteiger charge is -2.05. The van der Waals surface area contributed by atoms with Gasteiger partial charge in [-0.2, -0.15) is 0 Å². The standard InChI is InChI=1S/C10H8BrN5OS/c11-6-2-1-3-14-9(6)18-10-7(8(12)16-17)13-4-5-15-10/h1-5,17H,(H2,12,16). The number of rotatable bonds is 3. The molecule has 0 atom stereocenters. The zero-order valence-corrected chi connectivity index (χ0v) is 11.4. The number of amidine groups is 1. The van der Waals surface area contributed by atoms with Gasteiger partial charge in [0.2, 0.25) is 0 Å². The predicted octanol–water partition coefficient (Wildman–Crippen LogP) is 1.88. The second kappa shape index (κ2) is 5.78. The van der Waals surface area contributed by atoms with E-state index in [9.17, 15) is 0 Å². The molecule has 92 valence electrons. The summed E-state index contributed by atoms with van der Waals surface area (Å²) < 4.78 is 0.839. The molecule has 0 aromatic carbocycles. The third kappa shape index (κ3) is 2.77. The molecule has 0 saturated carbocycles. The van der Waals surface area contributed by atoms with Gasteiger partial charge in [0.1, 0.15) is 15.7 Å². The first-order valence-corrected chi connectivity index (χ1v) is 6.40. The second-order valence-corrected chi connectivity index (χ2v) is 4.92. The van der Waals surface area contributed by atoms with E-state index in [4.69, 9.17) is 10.9 Å². The lowest BCUT2D eigenvalue weighted by molar-refractivity contribution is 0.318. The molecule has 0 bridgehead atoms. The first-order valence-electron chi connectivity index (χ1n) is 4.79. The largest absolute Gasteiger partial charge is 0.409 e. The molecule has 0 aliphatic heterocycles. The molecule has 0 fully saturated rings. The maximum atomic E-state index is 8.69. The number of aromatic nitrogens is 3. The molecule has 0 saturated heterocycles. The van der Waals surface area contributed by atoms with Gasteiger partial charge in [0.15, 0.2) is 5.84 Å². The highest BCUT2D eigenvalue weighted by Crippen LogP contribution is 2.31. The monoisotopic (exact) mass is 325 g/mol. The molecule has 0 radical (unpaired) electrons. The van der Waals surface area contributed by atoms with Crippen LogP contribution in [-0.4, -0.2) is 26.0 Å². The van der Waals surface area contributed by atoms with Crippen LogP contribution in [0.15, 0.2) is 50.4 Å². The fourth-order valence-electron chi connectivity index (χ4n) is 1.16. The van der Waals surface area contributed by atoms with E-state index in [0.717, 1.165) is 9.50 Å². The Balaban J connectivity index is 2.38. The summed E-state index contributed by atoms with van der Waals surface area (Å²) >= 11 is 4.67. The molecule has 0 aliphatic carbocycles. The Bertz CT molecular complexity index is 592. The average molecular weight is 326 g/mol. The maximum absolute atomic E-state index is 8.69. The Morgan fingerprint density at radius 1 is 1.22 bits per heavy atom.